The van der Waals surface area contributed by atoms with Gasteiger partial charge in [0.25, 0.3) is 0 Å². The number of benzene rings is 2. The zero-order chi connectivity index (χ0) is 13.8. The van der Waals surface area contributed by atoms with Crippen molar-refractivity contribution in [2.24, 2.45) is 0 Å². The minimum Gasteiger partial charge on any atom is -0.478 e. The Balaban J connectivity index is 2.34. The third kappa shape index (κ3) is 3.25. The van der Waals surface area contributed by atoms with Gasteiger partial charge >= 0.3 is 5.97 Å². The molecule has 98 valence electrons. The Hall–Kier alpha value is -1.13. The first-order chi connectivity index (χ1) is 9.11. The van der Waals surface area contributed by atoms with Crippen molar-refractivity contribution in [3.63, 3.8) is 0 Å². The zero-order valence-corrected chi connectivity index (χ0v) is 13.1. The second-order valence-electron chi connectivity index (χ2n) is 4.11. The van der Waals surface area contributed by atoms with Gasteiger partial charge in [0, 0.05) is 0 Å². The Bertz CT molecular complexity index is 569. The Morgan fingerprint density at radius 3 is 2.11 bits per heavy atom. The number of rotatable bonds is 4. The van der Waals surface area contributed by atoms with E-state index in [1.807, 2.05) is 42.5 Å². The molecule has 2 nitrogen and oxygen atoms in total. The average molecular weight is 384 g/mol. The summed E-state index contributed by atoms with van der Waals surface area (Å²) < 4.78 is 0. The molecule has 0 spiro atoms. The van der Waals surface area contributed by atoms with Crippen molar-refractivity contribution in [1.29, 1.82) is 0 Å². The molecule has 0 heterocycles. The third-order valence-electron chi connectivity index (χ3n) is 2.86. The summed E-state index contributed by atoms with van der Waals surface area (Å²) in [5.41, 5.74) is 2.19. The van der Waals surface area contributed by atoms with Gasteiger partial charge in [-0.2, -0.15) is 0 Å². The molecule has 0 aromatic heterocycles. The van der Waals surface area contributed by atoms with Gasteiger partial charge in [0.2, 0.25) is 0 Å². The summed E-state index contributed by atoms with van der Waals surface area (Å²) in [6.07, 6.45) is 0. The van der Waals surface area contributed by atoms with Gasteiger partial charge < -0.3 is 5.11 Å². The summed E-state index contributed by atoms with van der Waals surface area (Å²) in [6, 6.07) is 16.9. The van der Waals surface area contributed by atoms with E-state index < -0.39 is 5.97 Å². The van der Waals surface area contributed by atoms with Crippen LogP contribution in [0.4, 0.5) is 0 Å². The van der Waals surface area contributed by atoms with E-state index in [2.05, 4.69) is 31.9 Å². The van der Waals surface area contributed by atoms with E-state index in [0.717, 1.165) is 11.1 Å². The van der Waals surface area contributed by atoms with Crippen LogP contribution in [0.25, 0.3) is 0 Å². The molecule has 0 aliphatic heterocycles. The monoisotopic (exact) mass is 382 g/mol. The van der Waals surface area contributed by atoms with Gasteiger partial charge in [-0.3, -0.25) is 0 Å². The maximum Gasteiger partial charge on any atom is 0.336 e. The Morgan fingerprint density at radius 2 is 1.47 bits per heavy atom. The van der Waals surface area contributed by atoms with Crippen LogP contribution in [0.15, 0.2) is 54.6 Å². The lowest BCUT2D eigenvalue weighted by atomic mass is 9.99. The van der Waals surface area contributed by atoms with Crippen molar-refractivity contribution in [2.75, 3.05) is 0 Å². The summed E-state index contributed by atoms with van der Waals surface area (Å²) >= 11 is 7.23. The van der Waals surface area contributed by atoms with Crippen LogP contribution in [-0.4, -0.2) is 11.1 Å². The standard InChI is InChI=1S/C15H12Br2O2/c16-13(10-6-2-1-3-7-10)14(17)11-8-4-5-9-12(11)15(18)19/h1-9,13-14H,(H,18,19)/t13-,14-/m0/s1. The summed E-state index contributed by atoms with van der Waals surface area (Å²) in [5, 5.41) is 9.23. The molecule has 0 saturated heterocycles. The highest BCUT2D eigenvalue weighted by molar-refractivity contribution is 9.12. The van der Waals surface area contributed by atoms with Crippen LogP contribution in [0.1, 0.15) is 31.1 Å². The number of hydrogen-bond acceptors (Lipinski definition) is 1. The molecule has 0 bridgehead atoms. The molecule has 2 atom stereocenters. The molecule has 0 aliphatic carbocycles. The Kier molecular flexibility index (Phi) is 4.77. The molecular weight excluding hydrogens is 372 g/mol. The number of carboxylic acid groups (broad SMARTS) is 1. The normalized spacial score (nSPS) is 13.8. The molecule has 0 amide bonds. The molecule has 2 rings (SSSR count). The molecule has 0 fully saturated rings. The molecule has 0 aliphatic rings. The fourth-order valence-electron chi connectivity index (χ4n) is 1.90. The van der Waals surface area contributed by atoms with Crippen LogP contribution < -0.4 is 0 Å². The predicted octanol–water partition coefficient (Wildman–Crippen LogP) is 4.96. The lowest BCUT2D eigenvalue weighted by Gasteiger charge is -2.19. The quantitative estimate of drug-likeness (QED) is 0.757. The molecule has 0 saturated carbocycles. The maximum atomic E-state index is 11.2. The van der Waals surface area contributed by atoms with Crippen molar-refractivity contribution in [3.05, 3.63) is 71.3 Å². The largest absolute Gasteiger partial charge is 0.478 e. The van der Waals surface area contributed by atoms with E-state index in [9.17, 15) is 9.90 Å². The van der Waals surface area contributed by atoms with E-state index in [4.69, 9.17) is 0 Å². The fourth-order valence-corrected chi connectivity index (χ4v) is 3.19. The minimum absolute atomic E-state index is 0.00852. The topological polar surface area (TPSA) is 37.3 Å². The summed E-state index contributed by atoms with van der Waals surface area (Å²) in [7, 11) is 0. The van der Waals surface area contributed by atoms with Crippen LogP contribution in [0, 0.1) is 0 Å². The lowest BCUT2D eigenvalue weighted by Crippen LogP contribution is -2.07. The second-order valence-corrected chi connectivity index (χ2v) is 6.08. The van der Waals surface area contributed by atoms with Crippen molar-refractivity contribution in [1.82, 2.24) is 0 Å². The predicted molar refractivity (Wildman–Crippen MR) is 83.2 cm³/mol. The van der Waals surface area contributed by atoms with E-state index in [1.54, 1.807) is 12.1 Å². The molecule has 19 heavy (non-hydrogen) atoms. The van der Waals surface area contributed by atoms with Gasteiger partial charge in [-0.1, -0.05) is 80.4 Å². The first kappa shape index (κ1) is 14.3. The van der Waals surface area contributed by atoms with Crippen LogP contribution in [0.5, 0.6) is 0 Å². The van der Waals surface area contributed by atoms with Crippen LogP contribution in [0.2, 0.25) is 0 Å². The number of halogens is 2. The summed E-state index contributed by atoms with van der Waals surface area (Å²) in [4.78, 5) is 11.1. The van der Waals surface area contributed by atoms with Crippen molar-refractivity contribution >= 4 is 37.8 Å². The molecule has 0 unspecified atom stereocenters. The highest BCUT2D eigenvalue weighted by Crippen LogP contribution is 2.43. The van der Waals surface area contributed by atoms with E-state index in [0.29, 0.717) is 5.56 Å². The molecule has 2 aromatic carbocycles. The van der Waals surface area contributed by atoms with E-state index in [1.165, 1.54) is 0 Å². The van der Waals surface area contributed by atoms with Crippen molar-refractivity contribution in [2.45, 2.75) is 9.65 Å². The first-order valence-corrected chi connectivity index (χ1v) is 7.59. The van der Waals surface area contributed by atoms with Gasteiger partial charge in [-0.25, -0.2) is 4.79 Å². The molecule has 0 radical (unpaired) electrons. The number of hydrogen-bond donors (Lipinski definition) is 1. The number of carbonyl (C=O) groups is 1. The maximum absolute atomic E-state index is 11.2. The van der Waals surface area contributed by atoms with E-state index in [-0.39, 0.29) is 9.65 Å². The third-order valence-corrected chi connectivity index (χ3v) is 5.65. The van der Waals surface area contributed by atoms with Crippen LogP contribution in [0.3, 0.4) is 0 Å². The highest BCUT2D eigenvalue weighted by Gasteiger charge is 2.23. The molecule has 1 N–H and O–H groups in total. The number of aromatic carboxylic acids is 1. The molecular formula is C15H12Br2O2. The Labute approximate surface area is 128 Å². The van der Waals surface area contributed by atoms with Gasteiger partial charge in [0.1, 0.15) is 0 Å². The van der Waals surface area contributed by atoms with Gasteiger partial charge in [0.15, 0.2) is 0 Å². The molecule has 2 aromatic rings. The Morgan fingerprint density at radius 1 is 0.895 bits per heavy atom. The highest BCUT2D eigenvalue weighted by atomic mass is 79.9. The van der Waals surface area contributed by atoms with Crippen molar-refractivity contribution < 1.29 is 9.90 Å². The summed E-state index contributed by atoms with van der Waals surface area (Å²) in [6.45, 7) is 0. The number of carboxylic acids is 1. The smallest absolute Gasteiger partial charge is 0.336 e. The van der Waals surface area contributed by atoms with Crippen molar-refractivity contribution in [3.8, 4) is 0 Å². The average Bonchev–Trinajstić information content (AvgIpc) is 2.46. The molecule has 4 heteroatoms. The SMILES string of the molecule is O=C(O)c1ccccc1[C@H](Br)[C@@H](Br)c1ccccc1. The second kappa shape index (κ2) is 6.35. The number of alkyl halides is 2. The van der Waals surface area contributed by atoms with E-state index >= 15 is 0 Å². The summed E-state index contributed by atoms with van der Waals surface area (Å²) in [5.74, 6) is -0.909. The fraction of sp³-hybridized carbons (Fsp3) is 0.133. The van der Waals surface area contributed by atoms with Gasteiger partial charge in [-0.15, -0.1) is 0 Å². The minimum atomic E-state index is -0.909. The van der Waals surface area contributed by atoms with Gasteiger partial charge in [-0.05, 0) is 17.2 Å². The zero-order valence-electron chi connectivity index (χ0n) is 9.96. The first-order valence-electron chi connectivity index (χ1n) is 5.76. The van der Waals surface area contributed by atoms with Crippen LogP contribution >= 0.6 is 31.9 Å². The van der Waals surface area contributed by atoms with Crippen LogP contribution in [-0.2, 0) is 0 Å². The lowest BCUT2D eigenvalue weighted by molar-refractivity contribution is 0.0695. The van der Waals surface area contributed by atoms with Gasteiger partial charge in [0.05, 0.1) is 15.2 Å².